The van der Waals surface area contributed by atoms with Crippen molar-refractivity contribution in [1.82, 2.24) is 15.5 Å². The first-order valence-corrected chi connectivity index (χ1v) is 8.27. The molecule has 6 nitrogen and oxygen atoms in total. The van der Waals surface area contributed by atoms with Gasteiger partial charge in [-0.3, -0.25) is 14.7 Å². The maximum absolute atomic E-state index is 11.8. The van der Waals surface area contributed by atoms with E-state index in [1.165, 1.54) is 0 Å². The smallest absolute Gasteiger partial charge is 0.248 e. The molecule has 1 saturated carbocycles. The number of hydrogen-bond acceptors (Lipinski definition) is 3. The molecule has 1 aliphatic carbocycles. The number of carbonyl (C=O) groups excluding carboxylic acids is 2. The Labute approximate surface area is 144 Å². The van der Waals surface area contributed by atoms with Crippen LogP contribution in [0.5, 0.6) is 0 Å². The number of carbonyl (C=O) groups is 2. The lowest BCUT2D eigenvalue weighted by Gasteiger charge is -2.06. The van der Waals surface area contributed by atoms with Crippen molar-refractivity contribution in [3.8, 4) is 11.3 Å². The lowest BCUT2D eigenvalue weighted by molar-refractivity contribution is -0.122. The van der Waals surface area contributed by atoms with Gasteiger partial charge in [-0.1, -0.05) is 18.2 Å². The van der Waals surface area contributed by atoms with Gasteiger partial charge in [-0.05, 0) is 42.7 Å². The molecule has 4 N–H and O–H groups in total. The number of nitrogens with two attached hydrogens (primary N) is 1. The van der Waals surface area contributed by atoms with Gasteiger partial charge in [-0.2, -0.15) is 5.10 Å². The van der Waals surface area contributed by atoms with Crippen molar-refractivity contribution in [2.24, 2.45) is 11.7 Å². The van der Waals surface area contributed by atoms with Crippen LogP contribution in [0.1, 0.15) is 28.8 Å². The summed E-state index contributed by atoms with van der Waals surface area (Å²) in [6.07, 6.45) is 1.99. The van der Waals surface area contributed by atoms with Crippen LogP contribution in [-0.2, 0) is 11.3 Å². The van der Waals surface area contributed by atoms with Gasteiger partial charge in [0.15, 0.2) is 0 Å². The van der Waals surface area contributed by atoms with Gasteiger partial charge in [0.25, 0.3) is 0 Å². The summed E-state index contributed by atoms with van der Waals surface area (Å²) < 4.78 is 0. The average Bonchev–Trinajstić information content (AvgIpc) is 3.39. The van der Waals surface area contributed by atoms with E-state index in [-0.39, 0.29) is 11.8 Å². The minimum atomic E-state index is -0.467. The van der Waals surface area contributed by atoms with Crippen LogP contribution in [0.4, 0.5) is 0 Å². The van der Waals surface area contributed by atoms with Crippen LogP contribution in [0.2, 0.25) is 0 Å². The Morgan fingerprint density at radius 3 is 2.80 bits per heavy atom. The van der Waals surface area contributed by atoms with E-state index >= 15 is 0 Å². The number of H-pyrrole nitrogens is 1. The highest BCUT2D eigenvalue weighted by molar-refractivity contribution is 6.00. The fourth-order valence-electron chi connectivity index (χ4n) is 2.89. The lowest BCUT2D eigenvalue weighted by Crippen LogP contribution is -2.24. The summed E-state index contributed by atoms with van der Waals surface area (Å²) in [4.78, 5) is 23.2. The monoisotopic (exact) mass is 334 g/mol. The van der Waals surface area contributed by atoms with E-state index in [9.17, 15) is 9.59 Å². The van der Waals surface area contributed by atoms with Crippen molar-refractivity contribution in [2.75, 3.05) is 0 Å². The molecular formula is C19H18N4O2. The van der Waals surface area contributed by atoms with Crippen LogP contribution in [-0.4, -0.2) is 22.0 Å². The third-order valence-electron chi connectivity index (χ3n) is 4.46. The topological polar surface area (TPSA) is 101 Å². The number of primary amides is 1. The normalized spacial score (nSPS) is 13.8. The predicted molar refractivity (Wildman–Crippen MR) is 94.6 cm³/mol. The van der Waals surface area contributed by atoms with Crippen molar-refractivity contribution in [3.63, 3.8) is 0 Å². The number of benzene rings is 2. The number of rotatable bonds is 5. The summed E-state index contributed by atoms with van der Waals surface area (Å²) in [6, 6.07) is 13.1. The first-order valence-electron chi connectivity index (χ1n) is 8.27. The van der Waals surface area contributed by atoms with Gasteiger partial charge >= 0.3 is 0 Å². The van der Waals surface area contributed by atoms with Crippen LogP contribution >= 0.6 is 0 Å². The quantitative estimate of drug-likeness (QED) is 0.667. The van der Waals surface area contributed by atoms with Gasteiger partial charge in [-0.15, -0.1) is 0 Å². The maximum Gasteiger partial charge on any atom is 0.248 e. The molecule has 0 atom stereocenters. The minimum absolute atomic E-state index is 0.127. The number of nitrogens with one attached hydrogen (secondary N) is 2. The van der Waals surface area contributed by atoms with Crippen molar-refractivity contribution in [1.29, 1.82) is 0 Å². The Bertz CT molecular complexity index is 972. The summed E-state index contributed by atoms with van der Waals surface area (Å²) >= 11 is 0. The molecule has 25 heavy (non-hydrogen) atoms. The number of aromatic nitrogens is 2. The number of fused-ring (bicyclic) bond motifs is 1. The summed E-state index contributed by atoms with van der Waals surface area (Å²) in [5.74, 6) is -0.141. The van der Waals surface area contributed by atoms with E-state index in [2.05, 4.69) is 15.5 Å². The Kier molecular flexibility index (Phi) is 3.72. The van der Waals surface area contributed by atoms with Crippen LogP contribution < -0.4 is 11.1 Å². The van der Waals surface area contributed by atoms with E-state index in [1.54, 1.807) is 18.2 Å². The molecule has 4 rings (SSSR count). The molecule has 0 unspecified atom stereocenters. The highest BCUT2D eigenvalue weighted by Gasteiger charge is 2.29. The van der Waals surface area contributed by atoms with Gasteiger partial charge in [0.2, 0.25) is 11.8 Å². The fourth-order valence-corrected chi connectivity index (χ4v) is 2.89. The van der Waals surface area contributed by atoms with Gasteiger partial charge in [0.1, 0.15) is 0 Å². The molecule has 0 saturated heterocycles. The van der Waals surface area contributed by atoms with Gasteiger partial charge in [-0.25, -0.2) is 0 Å². The van der Waals surface area contributed by atoms with E-state index in [0.29, 0.717) is 12.1 Å². The molecule has 1 fully saturated rings. The second-order valence-corrected chi connectivity index (χ2v) is 6.39. The molecule has 1 heterocycles. The molecule has 126 valence electrons. The fraction of sp³-hybridized carbons (Fsp3) is 0.211. The van der Waals surface area contributed by atoms with Crippen LogP contribution in [0.15, 0.2) is 42.5 Å². The van der Waals surface area contributed by atoms with Crippen LogP contribution in [0.3, 0.4) is 0 Å². The molecule has 6 heteroatoms. The number of hydrogen-bond donors (Lipinski definition) is 3. The van der Waals surface area contributed by atoms with E-state index < -0.39 is 5.91 Å². The van der Waals surface area contributed by atoms with Gasteiger partial charge < -0.3 is 11.1 Å². The summed E-state index contributed by atoms with van der Waals surface area (Å²) in [5.41, 5.74) is 9.35. The number of aromatic amines is 1. The molecule has 1 aliphatic rings. The van der Waals surface area contributed by atoms with E-state index in [4.69, 9.17) is 5.73 Å². The summed E-state index contributed by atoms with van der Waals surface area (Å²) in [7, 11) is 0. The SMILES string of the molecule is NC(=O)c1ccc2[nH]nc(-c3cccc(CNC(=O)C4CC4)c3)c2c1. The van der Waals surface area contributed by atoms with Crippen molar-refractivity contribution >= 4 is 22.7 Å². The number of amides is 2. The number of nitrogens with zero attached hydrogens (tertiary/aromatic N) is 1. The van der Waals surface area contributed by atoms with E-state index in [1.807, 2.05) is 24.3 Å². The van der Waals surface area contributed by atoms with Gasteiger partial charge in [0, 0.05) is 29.0 Å². The predicted octanol–water partition coefficient (Wildman–Crippen LogP) is 2.36. The van der Waals surface area contributed by atoms with E-state index in [0.717, 1.165) is 40.6 Å². The molecule has 3 aromatic rings. The Morgan fingerprint density at radius 1 is 1.20 bits per heavy atom. The average molecular weight is 334 g/mol. The minimum Gasteiger partial charge on any atom is -0.366 e. The molecular weight excluding hydrogens is 316 g/mol. The standard InChI is InChI=1S/C19H18N4O2/c20-18(24)14-6-7-16-15(9-14)17(23-22-16)13-3-1-2-11(8-13)10-21-19(25)12-4-5-12/h1-3,6-9,12H,4-5,10H2,(H2,20,24)(H,21,25)(H,22,23). The van der Waals surface area contributed by atoms with Gasteiger partial charge in [0.05, 0.1) is 11.2 Å². The molecule has 0 aliphatic heterocycles. The maximum atomic E-state index is 11.8. The Balaban J connectivity index is 1.63. The molecule has 0 radical (unpaired) electrons. The van der Waals surface area contributed by atoms with Crippen molar-refractivity contribution < 1.29 is 9.59 Å². The highest BCUT2D eigenvalue weighted by Crippen LogP contribution is 2.29. The van der Waals surface area contributed by atoms with Crippen LogP contribution in [0, 0.1) is 5.92 Å². The molecule has 2 aromatic carbocycles. The first kappa shape index (κ1) is 15.4. The zero-order chi connectivity index (χ0) is 17.4. The zero-order valence-electron chi connectivity index (χ0n) is 13.6. The third-order valence-corrected chi connectivity index (χ3v) is 4.46. The Hall–Kier alpha value is -3.15. The molecule has 1 aromatic heterocycles. The largest absolute Gasteiger partial charge is 0.366 e. The third kappa shape index (κ3) is 3.10. The van der Waals surface area contributed by atoms with Crippen molar-refractivity contribution in [3.05, 3.63) is 53.6 Å². The Morgan fingerprint density at radius 2 is 2.04 bits per heavy atom. The summed E-state index contributed by atoms with van der Waals surface area (Å²) in [5, 5.41) is 11.2. The molecule has 0 spiro atoms. The zero-order valence-corrected chi connectivity index (χ0v) is 13.6. The lowest BCUT2D eigenvalue weighted by atomic mass is 10.0. The second kappa shape index (κ2) is 6.05. The molecule has 0 bridgehead atoms. The van der Waals surface area contributed by atoms with Crippen LogP contribution in [0.25, 0.3) is 22.2 Å². The first-order chi connectivity index (χ1) is 12.1. The molecule has 2 amide bonds. The summed E-state index contributed by atoms with van der Waals surface area (Å²) in [6.45, 7) is 0.498. The second-order valence-electron chi connectivity index (χ2n) is 6.39. The highest BCUT2D eigenvalue weighted by atomic mass is 16.2. The van der Waals surface area contributed by atoms with Crippen molar-refractivity contribution in [2.45, 2.75) is 19.4 Å².